The second-order valence-electron chi connectivity index (χ2n) is 5.47. The number of carbonyl (C=O) groups is 1. The van der Waals surface area contributed by atoms with Crippen LogP contribution in [0.15, 0.2) is 18.2 Å². The number of ether oxygens (including phenoxy) is 3. The Bertz CT molecular complexity index is 513. The summed E-state index contributed by atoms with van der Waals surface area (Å²) in [6, 6.07) is 5.83. The highest BCUT2D eigenvalue weighted by molar-refractivity contribution is 5.77. The van der Waals surface area contributed by atoms with Gasteiger partial charge in [0.25, 0.3) is 0 Å². The number of carbonyl (C=O) groups excluding carboxylic acids is 1. The Hall–Kier alpha value is -1.79. The van der Waals surface area contributed by atoms with E-state index in [4.69, 9.17) is 14.2 Å². The van der Waals surface area contributed by atoms with Crippen LogP contribution in [0.25, 0.3) is 0 Å². The molecule has 1 heterocycles. The third kappa shape index (κ3) is 4.84. The molecule has 23 heavy (non-hydrogen) atoms. The van der Waals surface area contributed by atoms with Crippen molar-refractivity contribution in [1.82, 2.24) is 9.80 Å². The molecule has 0 atom stereocenters. The predicted octanol–water partition coefficient (Wildman–Crippen LogP) is 1.38. The number of nitrogens with zero attached hydrogens (tertiary/aromatic N) is 2. The van der Waals surface area contributed by atoms with E-state index in [9.17, 15) is 4.79 Å². The molecule has 1 amide bonds. The first-order valence-electron chi connectivity index (χ1n) is 7.96. The smallest absolute Gasteiger partial charge is 0.248 e. The molecule has 1 aromatic rings. The highest BCUT2D eigenvalue weighted by Crippen LogP contribution is 2.25. The van der Waals surface area contributed by atoms with E-state index in [2.05, 4.69) is 4.90 Å². The van der Waals surface area contributed by atoms with Crippen molar-refractivity contribution in [2.45, 2.75) is 13.5 Å². The molecule has 1 saturated heterocycles. The van der Waals surface area contributed by atoms with Crippen LogP contribution < -0.4 is 9.47 Å². The average Bonchev–Trinajstić information content (AvgIpc) is 2.60. The molecule has 1 fully saturated rings. The maximum Gasteiger partial charge on any atom is 0.248 e. The summed E-state index contributed by atoms with van der Waals surface area (Å²) in [5, 5.41) is 0. The van der Waals surface area contributed by atoms with Gasteiger partial charge in [-0.25, -0.2) is 0 Å². The summed E-state index contributed by atoms with van der Waals surface area (Å²) in [6.07, 6.45) is 0. The molecule has 2 rings (SSSR count). The zero-order chi connectivity index (χ0) is 16.7. The van der Waals surface area contributed by atoms with Gasteiger partial charge in [-0.15, -0.1) is 0 Å². The largest absolute Gasteiger partial charge is 0.497 e. The molecule has 6 heteroatoms. The molecule has 128 valence electrons. The number of hydrogen-bond donors (Lipinski definition) is 0. The summed E-state index contributed by atoms with van der Waals surface area (Å²) in [5.74, 6) is 1.76. The van der Waals surface area contributed by atoms with Gasteiger partial charge in [-0.05, 0) is 25.1 Å². The summed E-state index contributed by atoms with van der Waals surface area (Å²) in [6.45, 7) is 6.59. The Balaban J connectivity index is 1.90. The number of amides is 1. The third-order valence-electron chi connectivity index (χ3n) is 4.04. The molecule has 1 aliphatic heterocycles. The van der Waals surface area contributed by atoms with E-state index in [-0.39, 0.29) is 12.5 Å². The zero-order valence-corrected chi connectivity index (χ0v) is 14.2. The molecule has 0 radical (unpaired) electrons. The van der Waals surface area contributed by atoms with Gasteiger partial charge >= 0.3 is 0 Å². The van der Waals surface area contributed by atoms with Gasteiger partial charge in [0.1, 0.15) is 18.1 Å². The van der Waals surface area contributed by atoms with E-state index in [1.807, 2.05) is 30.0 Å². The van der Waals surface area contributed by atoms with Crippen LogP contribution in [0.4, 0.5) is 0 Å². The van der Waals surface area contributed by atoms with Crippen LogP contribution in [0.1, 0.15) is 12.5 Å². The second kappa shape index (κ2) is 8.74. The molecular weight excluding hydrogens is 296 g/mol. The molecule has 0 spiro atoms. The van der Waals surface area contributed by atoms with E-state index in [1.165, 1.54) is 0 Å². The van der Waals surface area contributed by atoms with Crippen molar-refractivity contribution >= 4 is 5.91 Å². The molecule has 0 aromatic heterocycles. The van der Waals surface area contributed by atoms with Crippen molar-refractivity contribution in [1.29, 1.82) is 0 Å². The minimum atomic E-state index is 0.0745. The van der Waals surface area contributed by atoms with Crippen molar-refractivity contribution in [3.8, 4) is 11.5 Å². The number of piperazine rings is 1. The lowest BCUT2D eigenvalue weighted by Gasteiger charge is -2.35. The van der Waals surface area contributed by atoms with Crippen LogP contribution in [-0.4, -0.2) is 69.3 Å². The first-order chi connectivity index (χ1) is 11.2. The minimum Gasteiger partial charge on any atom is -0.497 e. The summed E-state index contributed by atoms with van der Waals surface area (Å²) >= 11 is 0. The van der Waals surface area contributed by atoms with Gasteiger partial charge in [0, 0.05) is 44.9 Å². The van der Waals surface area contributed by atoms with Crippen molar-refractivity contribution in [2.75, 3.05) is 53.6 Å². The molecular formula is C17H26N2O4. The molecule has 0 N–H and O–H groups in total. The maximum atomic E-state index is 12.0. The van der Waals surface area contributed by atoms with Crippen LogP contribution in [0.3, 0.4) is 0 Å². The SMILES string of the molecule is CCOCC(=O)N1CCN(Cc2cc(OC)ccc2OC)CC1. The Morgan fingerprint density at radius 1 is 1.13 bits per heavy atom. The lowest BCUT2D eigenvalue weighted by atomic mass is 10.1. The lowest BCUT2D eigenvalue weighted by Crippen LogP contribution is -2.49. The van der Waals surface area contributed by atoms with Gasteiger partial charge in [-0.2, -0.15) is 0 Å². The third-order valence-corrected chi connectivity index (χ3v) is 4.04. The number of benzene rings is 1. The van der Waals surface area contributed by atoms with E-state index < -0.39 is 0 Å². The van der Waals surface area contributed by atoms with Crippen LogP contribution in [0.2, 0.25) is 0 Å². The predicted molar refractivity (Wildman–Crippen MR) is 87.9 cm³/mol. The molecule has 1 aliphatic rings. The Kier molecular flexibility index (Phi) is 6.67. The Morgan fingerprint density at radius 2 is 1.87 bits per heavy atom. The fraction of sp³-hybridized carbons (Fsp3) is 0.588. The molecule has 0 unspecified atom stereocenters. The summed E-state index contributed by atoms with van der Waals surface area (Å²) in [7, 11) is 3.34. The zero-order valence-electron chi connectivity index (χ0n) is 14.2. The van der Waals surface area contributed by atoms with Gasteiger partial charge < -0.3 is 19.1 Å². The molecule has 6 nitrogen and oxygen atoms in total. The fourth-order valence-corrected chi connectivity index (χ4v) is 2.68. The monoisotopic (exact) mass is 322 g/mol. The first kappa shape index (κ1) is 17.6. The van der Waals surface area contributed by atoms with Crippen LogP contribution in [0, 0.1) is 0 Å². The quantitative estimate of drug-likeness (QED) is 0.759. The fourth-order valence-electron chi connectivity index (χ4n) is 2.68. The first-order valence-corrected chi connectivity index (χ1v) is 7.96. The number of hydrogen-bond acceptors (Lipinski definition) is 5. The van der Waals surface area contributed by atoms with Crippen LogP contribution in [0.5, 0.6) is 11.5 Å². The number of methoxy groups -OCH3 is 2. The molecule has 1 aromatic carbocycles. The summed E-state index contributed by atoms with van der Waals surface area (Å²) < 4.78 is 15.9. The van der Waals surface area contributed by atoms with Gasteiger partial charge in [0.2, 0.25) is 5.91 Å². The van der Waals surface area contributed by atoms with Crippen molar-refractivity contribution in [3.63, 3.8) is 0 Å². The standard InChI is InChI=1S/C17H26N2O4/c1-4-23-13-17(20)19-9-7-18(8-10-19)12-14-11-15(21-2)5-6-16(14)22-3/h5-6,11H,4,7-10,12-13H2,1-3H3. The van der Waals surface area contributed by atoms with Crippen molar-refractivity contribution in [2.24, 2.45) is 0 Å². The normalized spacial score (nSPS) is 15.5. The lowest BCUT2D eigenvalue weighted by molar-refractivity contribution is -0.137. The van der Waals surface area contributed by atoms with Gasteiger partial charge in [0.15, 0.2) is 0 Å². The number of rotatable bonds is 7. The van der Waals surface area contributed by atoms with E-state index in [1.54, 1.807) is 14.2 Å². The van der Waals surface area contributed by atoms with Crippen molar-refractivity contribution < 1.29 is 19.0 Å². The molecule has 0 aliphatic carbocycles. The average molecular weight is 322 g/mol. The molecule has 0 bridgehead atoms. The Labute approximate surface area is 137 Å². The van der Waals surface area contributed by atoms with E-state index >= 15 is 0 Å². The van der Waals surface area contributed by atoms with E-state index in [0.29, 0.717) is 6.61 Å². The summed E-state index contributed by atoms with van der Waals surface area (Å²) in [4.78, 5) is 16.1. The van der Waals surface area contributed by atoms with Gasteiger partial charge in [-0.3, -0.25) is 9.69 Å². The van der Waals surface area contributed by atoms with Crippen molar-refractivity contribution in [3.05, 3.63) is 23.8 Å². The Morgan fingerprint density at radius 3 is 2.48 bits per heavy atom. The van der Waals surface area contributed by atoms with Crippen LogP contribution in [-0.2, 0) is 16.1 Å². The van der Waals surface area contributed by atoms with Crippen LogP contribution >= 0.6 is 0 Å². The topological polar surface area (TPSA) is 51.2 Å². The van der Waals surface area contributed by atoms with E-state index in [0.717, 1.165) is 49.8 Å². The maximum absolute atomic E-state index is 12.0. The highest BCUT2D eigenvalue weighted by atomic mass is 16.5. The molecule has 0 saturated carbocycles. The van der Waals surface area contributed by atoms with Gasteiger partial charge in [-0.1, -0.05) is 0 Å². The minimum absolute atomic E-state index is 0.0745. The summed E-state index contributed by atoms with van der Waals surface area (Å²) in [5.41, 5.74) is 1.10. The highest BCUT2D eigenvalue weighted by Gasteiger charge is 2.21. The second-order valence-corrected chi connectivity index (χ2v) is 5.47. The van der Waals surface area contributed by atoms with Gasteiger partial charge in [0.05, 0.1) is 14.2 Å².